The van der Waals surface area contributed by atoms with E-state index in [2.05, 4.69) is 0 Å². The lowest BCUT2D eigenvalue weighted by atomic mass is 10.0. The molecule has 3 aromatic carbocycles. The van der Waals surface area contributed by atoms with E-state index in [1.54, 1.807) is 42.5 Å². The monoisotopic (exact) mass is 484 g/mol. The zero-order valence-corrected chi connectivity index (χ0v) is 18.9. The SMILES string of the molecule is COC(=O)c1ccccc1CN(C(=O)c1ccc2ccccc2c1)[C@@H]1CCN(C(=O)C(F)(F)F)C1. The molecule has 1 saturated heterocycles. The number of hydrogen-bond acceptors (Lipinski definition) is 4. The van der Waals surface area contributed by atoms with Crippen molar-refractivity contribution in [3.63, 3.8) is 0 Å². The van der Waals surface area contributed by atoms with Gasteiger partial charge in [0.15, 0.2) is 0 Å². The van der Waals surface area contributed by atoms with Crippen molar-refractivity contribution < 1.29 is 32.3 Å². The van der Waals surface area contributed by atoms with E-state index >= 15 is 0 Å². The highest BCUT2D eigenvalue weighted by Gasteiger charge is 2.45. The number of hydrogen-bond donors (Lipinski definition) is 0. The van der Waals surface area contributed by atoms with Crippen molar-refractivity contribution in [3.05, 3.63) is 83.4 Å². The van der Waals surface area contributed by atoms with Gasteiger partial charge < -0.3 is 14.5 Å². The summed E-state index contributed by atoms with van der Waals surface area (Å²) in [6.07, 6.45) is -4.80. The minimum Gasteiger partial charge on any atom is -0.465 e. The summed E-state index contributed by atoms with van der Waals surface area (Å²) in [5.74, 6) is -2.91. The second-order valence-electron chi connectivity index (χ2n) is 8.34. The van der Waals surface area contributed by atoms with Crippen molar-refractivity contribution in [1.82, 2.24) is 9.80 Å². The Morgan fingerprint density at radius 2 is 1.69 bits per heavy atom. The summed E-state index contributed by atoms with van der Waals surface area (Å²) in [5, 5.41) is 1.78. The molecule has 0 spiro atoms. The van der Waals surface area contributed by atoms with Gasteiger partial charge in [-0.2, -0.15) is 13.2 Å². The number of likely N-dealkylation sites (tertiary alicyclic amines) is 1. The number of amides is 2. The molecular formula is C26H23F3N2O4. The third kappa shape index (κ3) is 5.13. The van der Waals surface area contributed by atoms with Gasteiger partial charge in [0.1, 0.15) is 0 Å². The van der Waals surface area contributed by atoms with E-state index in [-0.39, 0.29) is 31.6 Å². The Bertz CT molecular complexity index is 1270. The summed E-state index contributed by atoms with van der Waals surface area (Å²) >= 11 is 0. The van der Waals surface area contributed by atoms with Crippen molar-refractivity contribution in [1.29, 1.82) is 0 Å². The summed E-state index contributed by atoms with van der Waals surface area (Å²) in [6, 6.07) is 18.6. The molecule has 1 atom stereocenters. The van der Waals surface area contributed by atoms with E-state index in [0.29, 0.717) is 11.1 Å². The third-order valence-electron chi connectivity index (χ3n) is 6.15. The summed E-state index contributed by atoms with van der Waals surface area (Å²) < 4.78 is 43.9. The number of alkyl halides is 3. The van der Waals surface area contributed by atoms with E-state index in [4.69, 9.17) is 4.74 Å². The fourth-order valence-electron chi connectivity index (χ4n) is 4.37. The molecule has 4 rings (SSSR count). The number of ether oxygens (including phenoxy) is 1. The lowest BCUT2D eigenvalue weighted by molar-refractivity contribution is -0.184. The molecule has 6 nitrogen and oxygen atoms in total. The Hall–Kier alpha value is -3.88. The molecule has 35 heavy (non-hydrogen) atoms. The molecule has 2 amide bonds. The van der Waals surface area contributed by atoms with Crippen molar-refractivity contribution in [2.45, 2.75) is 25.2 Å². The molecule has 0 saturated carbocycles. The highest BCUT2D eigenvalue weighted by atomic mass is 19.4. The van der Waals surface area contributed by atoms with Crippen LogP contribution in [0.3, 0.4) is 0 Å². The van der Waals surface area contributed by atoms with Crippen molar-refractivity contribution in [3.8, 4) is 0 Å². The minimum absolute atomic E-state index is 0.0321. The molecular weight excluding hydrogens is 461 g/mol. The lowest BCUT2D eigenvalue weighted by Crippen LogP contribution is -2.45. The maximum atomic E-state index is 13.7. The van der Waals surface area contributed by atoms with Gasteiger partial charge in [-0.1, -0.05) is 48.5 Å². The van der Waals surface area contributed by atoms with Gasteiger partial charge in [0.25, 0.3) is 5.91 Å². The highest BCUT2D eigenvalue weighted by molar-refractivity contribution is 5.99. The van der Waals surface area contributed by atoms with Crippen LogP contribution in [0.25, 0.3) is 10.8 Å². The number of benzene rings is 3. The molecule has 1 fully saturated rings. The first-order valence-electron chi connectivity index (χ1n) is 11.0. The average molecular weight is 484 g/mol. The van der Waals surface area contributed by atoms with Crippen LogP contribution in [0.5, 0.6) is 0 Å². The number of nitrogens with zero attached hydrogens (tertiary/aromatic N) is 2. The summed E-state index contributed by atoms with van der Waals surface area (Å²) in [4.78, 5) is 39.9. The Balaban J connectivity index is 1.69. The van der Waals surface area contributed by atoms with Crippen molar-refractivity contribution >= 4 is 28.6 Å². The predicted molar refractivity (Wildman–Crippen MR) is 123 cm³/mol. The number of methoxy groups -OCH3 is 1. The van der Waals surface area contributed by atoms with Crippen molar-refractivity contribution in [2.24, 2.45) is 0 Å². The van der Waals surface area contributed by atoms with Crippen LogP contribution in [0, 0.1) is 0 Å². The molecule has 3 aromatic rings. The zero-order valence-electron chi connectivity index (χ0n) is 18.9. The van der Waals surface area contributed by atoms with Crippen LogP contribution in [0.4, 0.5) is 13.2 Å². The Labute approximate surface area is 199 Å². The molecule has 0 aliphatic carbocycles. The van der Waals surface area contributed by atoms with Gasteiger partial charge in [0, 0.05) is 25.2 Å². The Kier molecular flexibility index (Phi) is 6.77. The Morgan fingerprint density at radius 3 is 2.40 bits per heavy atom. The first-order valence-corrected chi connectivity index (χ1v) is 11.0. The molecule has 182 valence electrons. The first kappa shape index (κ1) is 24.3. The molecule has 0 bridgehead atoms. The van der Waals surface area contributed by atoms with Gasteiger partial charge >= 0.3 is 18.1 Å². The normalized spacial score (nSPS) is 15.8. The van der Waals surface area contributed by atoms with Crippen molar-refractivity contribution in [2.75, 3.05) is 20.2 Å². The maximum Gasteiger partial charge on any atom is 0.471 e. The number of carbonyl (C=O) groups excluding carboxylic acids is 3. The van der Waals surface area contributed by atoms with Gasteiger partial charge in [-0.25, -0.2) is 4.79 Å². The summed E-state index contributed by atoms with van der Waals surface area (Å²) in [7, 11) is 1.24. The average Bonchev–Trinajstić information content (AvgIpc) is 3.35. The number of fused-ring (bicyclic) bond motifs is 1. The topological polar surface area (TPSA) is 66.9 Å². The van der Waals surface area contributed by atoms with E-state index in [1.807, 2.05) is 24.3 Å². The highest BCUT2D eigenvalue weighted by Crippen LogP contribution is 2.27. The van der Waals surface area contributed by atoms with Crippen LogP contribution in [-0.4, -0.2) is 60.0 Å². The van der Waals surface area contributed by atoms with Crippen LogP contribution in [-0.2, 0) is 16.1 Å². The van der Waals surface area contributed by atoms with E-state index in [0.717, 1.165) is 15.7 Å². The van der Waals surface area contributed by atoms with Crippen LogP contribution >= 0.6 is 0 Å². The summed E-state index contributed by atoms with van der Waals surface area (Å²) in [6.45, 7) is -0.406. The van der Waals surface area contributed by atoms with Gasteiger partial charge in [-0.05, 0) is 41.0 Å². The molecule has 1 aliphatic heterocycles. The van der Waals surface area contributed by atoms with Gasteiger partial charge in [-0.15, -0.1) is 0 Å². The second-order valence-corrected chi connectivity index (χ2v) is 8.34. The smallest absolute Gasteiger partial charge is 0.465 e. The molecule has 0 radical (unpaired) electrons. The third-order valence-corrected chi connectivity index (χ3v) is 6.15. The summed E-state index contributed by atoms with van der Waals surface area (Å²) in [5.41, 5.74) is 1.11. The molecule has 0 unspecified atom stereocenters. The lowest BCUT2D eigenvalue weighted by Gasteiger charge is -2.30. The second kappa shape index (κ2) is 9.77. The van der Waals surface area contributed by atoms with E-state index in [9.17, 15) is 27.6 Å². The molecule has 0 N–H and O–H groups in total. The van der Waals surface area contributed by atoms with Gasteiger partial charge in [-0.3, -0.25) is 9.59 Å². The number of esters is 1. The van der Waals surface area contributed by atoms with Crippen LogP contribution in [0.2, 0.25) is 0 Å². The largest absolute Gasteiger partial charge is 0.471 e. The number of halogens is 3. The molecule has 0 aromatic heterocycles. The van der Waals surface area contributed by atoms with Crippen LogP contribution in [0.15, 0.2) is 66.7 Å². The van der Waals surface area contributed by atoms with E-state index in [1.165, 1.54) is 12.0 Å². The fraction of sp³-hybridized carbons (Fsp3) is 0.269. The minimum atomic E-state index is -4.99. The van der Waals surface area contributed by atoms with Crippen LogP contribution in [0.1, 0.15) is 32.7 Å². The molecule has 1 aliphatic rings. The predicted octanol–water partition coefficient (Wildman–Crippen LogP) is 4.43. The zero-order chi connectivity index (χ0) is 25.2. The van der Waals surface area contributed by atoms with Gasteiger partial charge in [0.2, 0.25) is 0 Å². The number of rotatable bonds is 5. The maximum absolute atomic E-state index is 13.7. The molecule has 9 heteroatoms. The molecule has 1 heterocycles. The quantitative estimate of drug-likeness (QED) is 0.503. The first-order chi connectivity index (χ1) is 16.7. The standard InChI is InChI=1S/C26H23F3N2O4/c1-35-24(33)22-9-5-4-8-20(22)15-31(21-12-13-30(16-21)25(34)26(27,28)29)23(32)19-11-10-17-6-2-3-7-18(17)14-19/h2-11,14,21H,12-13,15-16H2,1H3/t21-/m1/s1. The van der Waals surface area contributed by atoms with Gasteiger partial charge in [0.05, 0.1) is 18.7 Å². The van der Waals surface area contributed by atoms with E-state index < -0.39 is 30.0 Å². The van der Waals surface area contributed by atoms with Crippen LogP contribution < -0.4 is 0 Å². The fourth-order valence-corrected chi connectivity index (χ4v) is 4.37. The number of carbonyl (C=O) groups is 3. The Morgan fingerprint density at radius 1 is 1.00 bits per heavy atom.